The zero-order chi connectivity index (χ0) is 17.4. The van der Waals surface area contributed by atoms with Crippen LogP contribution in [-0.2, 0) is 13.0 Å². The quantitative estimate of drug-likeness (QED) is 0.771. The van der Waals surface area contributed by atoms with Gasteiger partial charge in [0.15, 0.2) is 0 Å². The van der Waals surface area contributed by atoms with Crippen molar-refractivity contribution in [1.29, 1.82) is 0 Å². The number of nitrogens with one attached hydrogen (secondary N) is 1. The second-order valence-electron chi connectivity index (χ2n) is 6.73. The lowest BCUT2D eigenvalue weighted by Gasteiger charge is -2.18. The average Bonchev–Trinajstić information content (AvgIpc) is 3.10. The number of para-hydroxylation sites is 1. The zero-order valence-corrected chi connectivity index (χ0v) is 14.6. The van der Waals surface area contributed by atoms with Gasteiger partial charge < -0.3 is 10.4 Å². The summed E-state index contributed by atoms with van der Waals surface area (Å²) in [4.78, 5) is 0. The smallest absolute Gasteiger partial charge is 0.0775 e. The molecular formula is C21H23N3O. The summed E-state index contributed by atoms with van der Waals surface area (Å²) in [7, 11) is 0. The van der Waals surface area contributed by atoms with Gasteiger partial charge in [0.2, 0.25) is 0 Å². The Morgan fingerprint density at radius 3 is 2.60 bits per heavy atom. The van der Waals surface area contributed by atoms with Gasteiger partial charge in [-0.3, -0.25) is 0 Å². The van der Waals surface area contributed by atoms with Crippen molar-refractivity contribution in [1.82, 2.24) is 15.1 Å². The topological polar surface area (TPSA) is 50.1 Å². The number of aryl methyl sites for hydroxylation is 1. The van der Waals surface area contributed by atoms with Gasteiger partial charge in [0.1, 0.15) is 0 Å². The van der Waals surface area contributed by atoms with E-state index in [1.807, 2.05) is 41.9 Å². The predicted molar refractivity (Wildman–Crippen MR) is 98.8 cm³/mol. The van der Waals surface area contributed by atoms with E-state index in [2.05, 4.69) is 36.5 Å². The van der Waals surface area contributed by atoms with Crippen LogP contribution in [0.2, 0.25) is 0 Å². The average molecular weight is 333 g/mol. The lowest BCUT2D eigenvalue weighted by atomic mass is 10.1. The van der Waals surface area contributed by atoms with Crippen molar-refractivity contribution in [3.63, 3.8) is 0 Å². The van der Waals surface area contributed by atoms with Gasteiger partial charge in [-0.25, -0.2) is 4.68 Å². The van der Waals surface area contributed by atoms with Crippen molar-refractivity contribution in [3.8, 4) is 5.69 Å². The first-order valence-electron chi connectivity index (χ1n) is 8.75. The summed E-state index contributed by atoms with van der Waals surface area (Å²) in [5, 5.41) is 18.7. The molecule has 4 heteroatoms. The Kier molecular flexibility index (Phi) is 4.15. The Bertz CT molecular complexity index is 885. The van der Waals surface area contributed by atoms with Gasteiger partial charge in [-0.2, -0.15) is 5.10 Å². The van der Waals surface area contributed by atoms with Gasteiger partial charge in [-0.15, -0.1) is 0 Å². The fourth-order valence-electron chi connectivity index (χ4n) is 3.78. The van der Waals surface area contributed by atoms with Gasteiger partial charge in [-0.1, -0.05) is 42.5 Å². The van der Waals surface area contributed by atoms with Crippen LogP contribution in [0.1, 0.15) is 34.1 Å². The molecule has 0 saturated carbocycles. The third-order valence-electron chi connectivity index (χ3n) is 5.14. The second kappa shape index (κ2) is 6.47. The maximum atomic E-state index is 10.4. The van der Waals surface area contributed by atoms with E-state index in [0.717, 1.165) is 23.5 Å². The van der Waals surface area contributed by atoms with Crippen molar-refractivity contribution in [3.05, 3.63) is 82.7 Å². The second-order valence-corrected chi connectivity index (χ2v) is 6.73. The first kappa shape index (κ1) is 16.1. The Hall–Kier alpha value is -2.43. The Labute approximate surface area is 148 Å². The molecule has 4 rings (SSSR count). The number of aromatic nitrogens is 2. The fraction of sp³-hybridized carbons (Fsp3) is 0.286. The number of benzene rings is 2. The van der Waals surface area contributed by atoms with Crippen molar-refractivity contribution < 1.29 is 5.11 Å². The van der Waals surface area contributed by atoms with Crippen molar-refractivity contribution >= 4 is 0 Å². The van der Waals surface area contributed by atoms with E-state index in [9.17, 15) is 5.11 Å². The zero-order valence-electron chi connectivity index (χ0n) is 14.6. The standard InChI is InChI=1S/C21H23N3O/c1-14-19(15(2)24(23-14)17-9-4-3-5-10-17)13-22-21-18-11-7-6-8-16(18)12-20(21)25/h3-11,20-22,25H,12-13H2,1-2H3/t20-,21+/m0/s1. The number of hydrogen-bond donors (Lipinski definition) is 2. The van der Waals surface area contributed by atoms with Crippen molar-refractivity contribution in [2.24, 2.45) is 0 Å². The highest BCUT2D eigenvalue weighted by atomic mass is 16.3. The van der Waals surface area contributed by atoms with E-state index in [4.69, 9.17) is 5.10 Å². The number of rotatable bonds is 4. The van der Waals surface area contributed by atoms with Crippen molar-refractivity contribution in [2.75, 3.05) is 0 Å². The summed E-state index contributed by atoms with van der Waals surface area (Å²) in [5.74, 6) is 0. The minimum absolute atomic E-state index is 0.0184. The van der Waals surface area contributed by atoms with E-state index in [-0.39, 0.29) is 12.1 Å². The van der Waals surface area contributed by atoms with Crippen LogP contribution in [0.25, 0.3) is 5.69 Å². The van der Waals surface area contributed by atoms with Gasteiger partial charge in [0.25, 0.3) is 0 Å². The highest BCUT2D eigenvalue weighted by Crippen LogP contribution is 2.31. The van der Waals surface area contributed by atoms with E-state index < -0.39 is 0 Å². The summed E-state index contributed by atoms with van der Waals surface area (Å²) < 4.78 is 1.99. The van der Waals surface area contributed by atoms with E-state index in [0.29, 0.717) is 6.54 Å². The predicted octanol–water partition coefficient (Wildman–Crippen LogP) is 3.24. The number of fused-ring (bicyclic) bond motifs is 1. The van der Waals surface area contributed by atoms with E-state index in [1.54, 1.807) is 0 Å². The molecule has 25 heavy (non-hydrogen) atoms. The van der Waals surface area contributed by atoms with Gasteiger partial charge >= 0.3 is 0 Å². The molecule has 1 aliphatic rings. The van der Waals surface area contributed by atoms with Crippen LogP contribution in [0, 0.1) is 13.8 Å². The molecule has 128 valence electrons. The molecule has 0 saturated heterocycles. The molecule has 1 aromatic heterocycles. The molecule has 1 heterocycles. The maximum Gasteiger partial charge on any atom is 0.0775 e. The Balaban J connectivity index is 1.57. The summed E-state index contributed by atoms with van der Waals surface area (Å²) in [6.45, 7) is 4.84. The summed E-state index contributed by atoms with van der Waals surface area (Å²) >= 11 is 0. The van der Waals surface area contributed by atoms with E-state index >= 15 is 0 Å². The molecule has 0 amide bonds. The first-order chi connectivity index (χ1) is 12.1. The largest absolute Gasteiger partial charge is 0.391 e. The van der Waals surface area contributed by atoms with Crippen LogP contribution in [0.3, 0.4) is 0 Å². The molecule has 0 bridgehead atoms. The monoisotopic (exact) mass is 333 g/mol. The molecular weight excluding hydrogens is 310 g/mol. The van der Waals surface area contributed by atoms with Crippen molar-refractivity contribution in [2.45, 2.75) is 39.0 Å². The molecule has 0 radical (unpaired) electrons. The normalized spacial score (nSPS) is 19.2. The van der Waals surface area contributed by atoms with Crippen LogP contribution in [0.5, 0.6) is 0 Å². The number of nitrogens with zero attached hydrogens (tertiary/aromatic N) is 2. The highest BCUT2D eigenvalue weighted by Gasteiger charge is 2.30. The summed E-state index contributed by atoms with van der Waals surface area (Å²) in [6.07, 6.45) is 0.344. The van der Waals surface area contributed by atoms with Crippen LogP contribution in [0.15, 0.2) is 54.6 Å². The minimum atomic E-state index is -0.373. The highest BCUT2D eigenvalue weighted by molar-refractivity contribution is 5.38. The molecule has 1 aliphatic carbocycles. The van der Waals surface area contributed by atoms with Crippen LogP contribution < -0.4 is 5.32 Å². The Morgan fingerprint density at radius 2 is 1.80 bits per heavy atom. The number of aliphatic hydroxyl groups is 1. The van der Waals surface area contributed by atoms with Gasteiger partial charge in [-0.05, 0) is 37.1 Å². The van der Waals surface area contributed by atoms with Gasteiger partial charge in [0.05, 0.1) is 23.5 Å². The number of aliphatic hydroxyl groups excluding tert-OH is 1. The van der Waals surface area contributed by atoms with Crippen LogP contribution in [-0.4, -0.2) is 21.0 Å². The third kappa shape index (κ3) is 2.88. The molecule has 2 N–H and O–H groups in total. The fourth-order valence-corrected chi connectivity index (χ4v) is 3.78. The molecule has 2 aromatic carbocycles. The Morgan fingerprint density at radius 1 is 1.08 bits per heavy atom. The molecule has 0 spiro atoms. The molecule has 4 nitrogen and oxygen atoms in total. The third-order valence-corrected chi connectivity index (χ3v) is 5.14. The van der Waals surface area contributed by atoms with Gasteiger partial charge in [0, 0.05) is 24.2 Å². The maximum absolute atomic E-state index is 10.4. The molecule has 0 aliphatic heterocycles. The molecule has 3 aromatic rings. The first-order valence-corrected chi connectivity index (χ1v) is 8.75. The minimum Gasteiger partial charge on any atom is -0.391 e. The summed E-state index contributed by atoms with van der Waals surface area (Å²) in [6, 6.07) is 18.4. The number of hydrogen-bond acceptors (Lipinski definition) is 3. The van der Waals surface area contributed by atoms with E-state index in [1.165, 1.54) is 16.7 Å². The SMILES string of the molecule is Cc1nn(-c2ccccc2)c(C)c1CN[C@@H]1c2ccccc2C[C@@H]1O. The molecule has 2 atom stereocenters. The van der Waals surface area contributed by atoms with Crippen LogP contribution in [0.4, 0.5) is 0 Å². The lowest BCUT2D eigenvalue weighted by Crippen LogP contribution is -2.28. The molecule has 0 unspecified atom stereocenters. The lowest BCUT2D eigenvalue weighted by molar-refractivity contribution is 0.140. The van der Waals surface area contributed by atoms with Crippen LogP contribution >= 0.6 is 0 Å². The molecule has 0 fully saturated rings. The summed E-state index contributed by atoms with van der Waals surface area (Å²) in [5.41, 5.74) is 6.87.